The number of hydrogen-bond acceptors (Lipinski definition) is 4. The number of pyridine rings is 1. The summed E-state index contributed by atoms with van der Waals surface area (Å²) in [6, 6.07) is 3.82. The molecule has 0 saturated heterocycles. The van der Waals surface area contributed by atoms with Crippen molar-refractivity contribution in [1.82, 2.24) is 15.0 Å². The van der Waals surface area contributed by atoms with E-state index in [9.17, 15) is 4.79 Å². The Bertz CT molecular complexity index is 729. The second-order valence-corrected chi connectivity index (χ2v) is 4.50. The Hall–Kier alpha value is -1.75. The van der Waals surface area contributed by atoms with Gasteiger partial charge in [0.2, 0.25) is 0 Å². The molecule has 0 aliphatic rings. The number of fused-ring (bicyclic) bond motifs is 3. The topological polar surface area (TPSA) is 58.6 Å². The molecule has 3 aromatic rings. The second kappa shape index (κ2) is 3.38. The summed E-state index contributed by atoms with van der Waals surface area (Å²) in [7, 11) is 0. The van der Waals surface area contributed by atoms with E-state index in [-0.39, 0.29) is 5.56 Å². The van der Waals surface area contributed by atoms with Crippen molar-refractivity contribution in [3.8, 4) is 0 Å². The quantitative estimate of drug-likeness (QED) is 0.697. The van der Waals surface area contributed by atoms with Gasteiger partial charge in [0.15, 0.2) is 0 Å². The first kappa shape index (κ1) is 9.47. The lowest BCUT2D eigenvalue weighted by molar-refractivity contribution is 0.947. The molecular weight excluding hydrogens is 222 g/mol. The van der Waals surface area contributed by atoms with E-state index < -0.39 is 0 Å². The van der Waals surface area contributed by atoms with Crippen LogP contribution in [0.1, 0.15) is 12.7 Å². The maximum atomic E-state index is 11.8. The summed E-state index contributed by atoms with van der Waals surface area (Å²) < 4.78 is 0.658. The third-order valence-corrected chi connectivity index (χ3v) is 3.59. The summed E-state index contributed by atoms with van der Waals surface area (Å²) in [5.41, 5.74) is 0.707. The molecule has 0 bridgehead atoms. The Kier molecular flexibility index (Phi) is 2.00. The van der Waals surface area contributed by atoms with Gasteiger partial charge < -0.3 is 4.98 Å². The molecule has 0 aliphatic carbocycles. The minimum atomic E-state index is -0.0650. The molecule has 3 rings (SSSR count). The van der Waals surface area contributed by atoms with Gasteiger partial charge in [0.05, 0.1) is 5.52 Å². The van der Waals surface area contributed by atoms with Crippen LogP contribution >= 0.6 is 11.3 Å². The number of aromatic nitrogens is 3. The summed E-state index contributed by atoms with van der Waals surface area (Å²) in [6.45, 7) is 1.97. The van der Waals surface area contributed by atoms with Crippen molar-refractivity contribution in [2.24, 2.45) is 0 Å². The van der Waals surface area contributed by atoms with E-state index in [1.807, 2.05) is 19.1 Å². The van der Waals surface area contributed by atoms with E-state index in [2.05, 4.69) is 15.0 Å². The Balaban J connectivity index is 2.56. The minimum Gasteiger partial charge on any atom is -0.309 e. The number of hydrogen-bond donors (Lipinski definition) is 1. The minimum absolute atomic E-state index is 0.0650. The predicted molar refractivity (Wildman–Crippen MR) is 64.9 cm³/mol. The molecule has 5 heteroatoms. The summed E-state index contributed by atoms with van der Waals surface area (Å²) in [5.74, 6) is 0.723. The largest absolute Gasteiger partial charge is 0.309 e. The van der Waals surface area contributed by atoms with Gasteiger partial charge in [-0.25, -0.2) is 9.97 Å². The van der Waals surface area contributed by atoms with Crippen molar-refractivity contribution < 1.29 is 0 Å². The van der Waals surface area contributed by atoms with Gasteiger partial charge in [0.1, 0.15) is 15.4 Å². The van der Waals surface area contributed by atoms with E-state index in [0.717, 1.165) is 28.0 Å². The van der Waals surface area contributed by atoms with Gasteiger partial charge in [-0.1, -0.05) is 6.92 Å². The highest BCUT2D eigenvalue weighted by molar-refractivity contribution is 7.25. The zero-order valence-corrected chi connectivity index (χ0v) is 9.47. The third-order valence-electron chi connectivity index (χ3n) is 2.49. The smallest absolute Gasteiger partial charge is 0.268 e. The van der Waals surface area contributed by atoms with Gasteiger partial charge >= 0.3 is 0 Å². The Morgan fingerprint density at radius 3 is 3.19 bits per heavy atom. The van der Waals surface area contributed by atoms with E-state index in [0.29, 0.717) is 4.70 Å². The molecule has 0 spiro atoms. The van der Waals surface area contributed by atoms with Gasteiger partial charge in [0, 0.05) is 18.0 Å². The van der Waals surface area contributed by atoms with Crippen molar-refractivity contribution >= 4 is 31.8 Å². The molecule has 0 amide bonds. The summed E-state index contributed by atoms with van der Waals surface area (Å²) >= 11 is 1.39. The molecule has 3 aromatic heterocycles. The van der Waals surface area contributed by atoms with Gasteiger partial charge in [-0.2, -0.15) is 0 Å². The molecule has 0 aliphatic heterocycles. The molecule has 16 heavy (non-hydrogen) atoms. The van der Waals surface area contributed by atoms with Gasteiger partial charge in [-0.15, -0.1) is 11.3 Å². The van der Waals surface area contributed by atoms with Crippen molar-refractivity contribution in [3.63, 3.8) is 0 Å². The number of nitrogens with zero attached hydrogens (tertiary/aromatic N) is 2. The molecule has 3 heterocycles. The summed E-state index contributed by atoms with van der Waals surface area (Å²) in [5, 5.41) is 0.961. The van der Waals surface area contributed by atoms with E-state index in [1.54, 1.807) is 6.20 Å². The third kappa shape index (κ3) is 1.25. The van der Waals surface area contributed by atoms with Gasteiger partial charge in [-0.05, 0) is 12.1 Å². The van der Waals surface area contributed by atoms with Crippen LogP contribution in [0.25, 0.3) is 20.4 Å². The molecule has 0 fully saturated rings. The zero-order chi connectivity index (χ0) is 11.1. The number of aromatic amines is 1. The second-order valence-electron chi connectivity index (χ2n) is 3.50. The molecule has 4 nitrogen and oxygen atoms in total. The molecule has 80 valence electrons. The fraction of sp³-hybridized carbons (Fsp3) is 0.182. The molecule has 0 aromatic carbocycles. The average Bonchev–Trinajstić information content (AvgIpc) is 2.68. The van der Waals surface area contributed by atoms with Crippen LogP contribution in [0.2, 0.25) is 0 Å². The number of nitrogens with one attached hydrogen (secondary N) is 1. The van der Waals surface area contributed by atoms with Gasteiger partial charge in [-0.3, -0.25) is 4.79 Å². The molecule has 0 atom stereocenters. The number of aryl methyl sites for hydroxylation is 1. The van der Waals surface area contributed by atoms with Crippen LogP contribution in [-0.4, -0.2) is 15.0 Å². The van der Waals surface area contributed by atoms with Gasteiger partial charge in [0.25, 0.3) is 5.56 Å². The summed E-state index contributed by atoms with van der Waals surface area (Å²) in [6.07, 6.45) is 2.45. The first-order valence-corrected chi connectivity index (χ1v) is 5.87. The zero-order valence-electron chi connectivity index (χ0n) is 8.65. The highest BCUT2D eigenvalue weighted by Crippen LogP contribution is 2.28. The van der Waals surface area contributed by atoms with Crippen LogP contribution in [0, 0.1) is 0 Å². The van der Waals surface area contributed by atoms with Crippen LogP contribution in [0.5, 0.6) is 0 Å². The molecule has 1 N–H and O–H groups in total. The normalized spacial score (nSPS) is 11.3. The first-order valence-electron chi connectivity index (χ1n) is 5.06. The van der Waals surface area contributed by atoms with Crippen LogP contribution in [0.4, 0.5) is 0 Å². The van der Waals surface area contributed by atoms with Crippen LogP contribution in [-0.2, 0) is 6.42 Å². The molecule has 0 radical (unpaired) electrons. The van der Waals surface area contributed by atoms with E-state index in [4.69, 9.17) is 0 Å². The highest BCUT2D eigenvalue weighted by Gasteiger charge is 2.10. The molecular formula is C11H9N3OS. The lowest BCUT2D eigenvalue weighted by Gasteiger charge is -1.95. The number of H-pyrrole nitrogens is 1. The lowest BCUT2D eigenvalue weighted by atomic mass is 10.3. The Labute approximate surface area is 95.0 Å². The fourth-order valence-corrected chi connectivity index (χ4v) is 2.68. The number of thiophene rings is 1. The van der Waals surface area contributed by atoms with Crippen LogP contribution in [0.3, 0.4) is 0 Å². The van der Waals surface area contributed by atoms with Crippen molar-refractivity contribution in [1.29, 1.82) is 0 Å². The fourth-order valence-electron chi connectivity index (χ4n) is 1.70. The Morgan fingerprint density at radius 1 is 1.50 bits per heavy atom. The van der Waals surface area contributed by atoms with Crippen molar-refractivity contribution in [3.05, 3.63) is 34.5 Å². The maximum absolute atomic E-state index is 11.8. The van der Waals surface area contributed by atoms with Crippen LogP contribution in [0.15, 0.2) is 23.1 Å². The van der Waals surface area contributed by atoms with E-state index in [1.165, 1.54) is 11.3 Å². The highest BCUT2D eigenvalue weighted by atomic mass is 32.1. The molecule has 0 unspecified atom stereocenters. The summed E-state index contributed by atoms with van der Waals surface area (Å²) in [4.78, 5) is 24.2. The number of rotatable bonds is 1. The van der Waals surface area contributed by atoms with E-state index >= 15 is 0 Å². The average molecular weight is 231 g/mol. The maximum Gasteiger partial charge on any atom is 0.268 e. The van der Waals surface area contributed by atoms with Crippen molar-refractivity contribution in [2.75, 3.05) is 0 Å². The van der Waals surface area contributed by atoms with Crippen LogP contribution < -0.4 is 5.56 Å². The standard InChI is InChI=1S/C11H9N3OS/c1-2-7-13-8-6-4-3-5-12-11(6)16-9(8)10(15)14-7/h3-5H,2H2,1H3,(H,13,14,15). The molecule has 0 saturated carbocycles. The first-order chi connectivity index (χ1) is 7.79. The monoisotopic (exact) mass is 231 g/mol. The predicted octanol–water partition coefficient (Wildman–Crippen LogP) is 2.10. The van der Waals surface area contributed by atoms with Crippen molar-refractivity contribution in [2.45, 2.75) is 13.3 Å². The lowest BCUT2D eigenvalue weighted by Crippen LogP contribution is -2.09. The Morgan fingerprint density at radius 2 is 2.38 bits per heavy atom. The SMILES string of the molecule is CCc1nc2c(sc3ncccc32)c(=O)[nH]1.